The van der Waals surface area contributed by atoms with Crippen molar-refractivity contribution in [3.63, 3.8) is 0 Å². The first kappa shape index (κ1) is 36.2. The van der Waals surface area contributed by atoms with Gasteiger partial charge >= 0.3 is 11.9 Å². The number of esters is 2. The number of hydrogen-bond acceptors (Lipinski definition) is 9. The van der Waals surface area contributed by atoms with Crippen LogP contribution < -0.4 is 9.47 Å². The van der Waals surface area contributed by atoms with Crippen LogP contribution in [-0.2, 0) is 22.3 Å². The van der Waals surface area contributed by atoms with Gasteiger partial charge in [-0.15, -0.1) is 0 Å². The predicted molar refractivity (Wildman–Crippen MR) is 170 cm³/mol. The van der Waals surface area contributed by atoms with Crippen molar-refractivity contribution in [2.75, 3.05) is 26.5 Å². The summed E-state index contributed by atoms with van der Waals surface area (Å²) in [4.78, 5) is 32.4. The Balaban J connectivity index is 0.000000194. The molecule has 9 nitrogen and oxygen atoms in total. The van der Waals surface area contributed by atoms with Crippen molar-refractivity contribution in [1.29, 1.82) is 0 Å². The van der Waals surface area contributed by atoms with E-state index in [2.05, 4.69) is 9.97 Å². The lowest BCUT2D eigenvalue weighted by Gasteiger charge is -2.26. The quantitative estimate of drug-likeness (QED) is 0.157. The molecule has 1 N–H and O–H groups in total. The highest BCUT2D eigenvalue weighted by Crippen LogP contribution is 2.38. The number of alkyl halides is 1. The first-order valence-electron chi connectivity index (χ1n) is 15.9. The van der Waals surface area contributed by atoms with E-state index in [4.69, 9.17) is 18.9 Å². The van der Waals surface area contributed by atoms with Crippen LogP contribution in [0.2, 0.25) is 0 Å². The largest absolute Gasteiger partial charge is 0.472 e. The molecule has 0 radical (unpaired) electrons. The summed E-state index contributed by atoms with van der Waals surface area (Å²) < 4.78 is 88.9. The Morgan fingerprint density at radius 1 is 0.720 bits per heavy atom. The van der Waals surface area contributed by atoms with E-state index in [-0.39, 0.29) is 54.1 Å². The van der Waals surface area contributed by atoms with Gasteiger partial charge in [0, 0.05) is 34.4 Å². The molecule has 0 aliphatic carbocycles. The van der Waals surface area contributed by atoms with Crippen molar-refractivity contribution < 1.29 is 55.6 Å². The second-order valence-corrected chi connectivity index (χ2v) is 11.3. The summed E-state index contributed by atoms with van der Waals surface area (Å²) in [7, 11) is 0. The summed E-state index contributed by atoms with van der Waals surface area (Å²) in [6, 6.07) is 9.25. The summed E-state index contributed by atoms with van der Waals surface area (Å²) >= 11 is 0. The lowest BCUT2D eigenvalue weighted by molar-refractivity contribution is 0.0506. The SMILES string of the molecule is CCOC(=O)c1cc(-c2ccc(F)cc2F)c2c(n1)OC(CF)CC2.CCOC(=O)c1cc(-c2ccc(F)cc2F)c2c(n1)OC(CO)CC2. The topological polar surface area (TPSA) is 117 Å². The van der Waals surface area contributed by atoms with E-state index in [0.717, 1.165) is 24.3 Å². The Labute approximate surface area is 284 Å². The fourth-order valence-electron chi connectivity index (χ4n) is 5.57. The molecule has 50 heavy (non-hydrogen) atoms. The summed E-state index contributed by atoms with van der Waals surface area (Å²) in [5, 5.41) is 9.29. The third kappa shape index (κ3) is 8.02. The Bertz CT molecular complexity index is 1760. The van der Waals surface area contributed by atoms with Crippen molar-refractivity contribution in [2.24, 2.45) is 0 Å². The minimum absolute atomic E-state index is 0.0297. The molecule has 14 heteroatoms. The highest BCUT2D eigenvalue weighted by atomic mass is 19.1. The number of aromatic nitrogens is 2. The molecule has 2 aromatic carbocycles. The number of rotatable bonds is 8. The molecule has 0 saturated heterocycles. The average Bonchev–Trinajstić information content (AvgIpc) is 3.10. The summed E-state index contributed by atoms with van der Waals surface area (Å²) in [5.74, 6) is -4.02. The van der Waals surface area contributed by atoms with Gasteiger partial charge in [-0.1, -0.05) is 0 Å². The van der Waals surface area contributed by atoms with E-state index in [1.165, 1.54) is 24.3 Å². The number of ether oxygens (including phenoxy) is 4. The smallest absolute Gasteiger partial charge is 0.357 e. The van der Waals surface area contributed by atoms with E-state index in [0.29, 0.717) is 47.9 Å². The Morgan fingerprint density at radius 3 is 1.56 bits per heavy atom. The van der Waals surface area contributed by atoms with Crippen LogP contribution in [0.4, 0.5) is 22.0 Å². The molecular weight excluding hydrogens is 667 g/mol. The monoisotopic (exact) mass is 700 g/mol. The van der Waals surface area contributed by atoms with Crippen molar-refractivity contribution in [3.8, 4) is 34.0 Å². The van der Waals surface area contributed by atoms with Gasteiger partial charge in [0.15, 0.2) is 11.4 Å². The zero-order valence-corrected chi connectivity index (χ0v) is 27.1. The van der Waals surface area contributed by atoms with E-state index in [1.807, 2.05) is 0 Å². The number of carbonyl (C=O) groups excluding carboxylic acids is 2. The molecule has 2 aliphatic heterocycles. The first-order valence-corrected chi connectivity index (χ1v) is 15.9. The number of carbonyl (C=O) groups is 2. The average molecular weight is 701 g/mol. The van der Waals surface area contributed by atoms with Gasteiger partial charge in [-0.2, -0.15) is 0 Å². The minimum Gasteiger partial charge on any atom is -0.472 e. The Hall–Kier alpha value is -5.11. The molecule has 2 aliphatic rings. The number of halogens is 5. The maximum absolute atomic E-state index is 14.3. The lowest BCUT2D eigenvalue weighted by Crippen LogP contribution is -2.27. The maximum Gasteiger partial charge on any atom is 0.357 e. The molecule has 6 rings (SSSR count). The van der Waals surface area contributed by atoms with E-state index < -0.39 is 54.1 Å². The molecule has 0 spiro atoms. The Morgan fingerprint density at radius 2 is 1.16 bits per heavy atom. The normalized spacial score (nSPS) is 16.1. The molecule has 0 amide bonds. The second kappa shape index (κ2) is 16.1. The number of aliphatic hydroxyl groups is 1. The summed E-state index contributed by atoms with van der Waals surface area (Å²) in [5.41, 5.74) is 2.11. The second-order valence-electron chi connectivity index (χ2n) is 11.3. The van der Waals surface area contributed by atoms with Crippen molar-refractivity contribution in [3.05, 3.63) is 94.3 Å². The summed E-state index contributed by atoms with van der Waals surface area (Å²) in [6.45, 7) is 2.74. The number of nitrogens with zero attached hydrogens (tertiary/aromatic N) is 2. The molecular formula is C36H33F5N2O7. The fourth-order valence-corrected chi connectivity index (χ4v) is 5.57. The zero-order valence-electron chi connectivity index (χ0n) is 27.1. The molecule has 4 aromatic rings. The van der Waals surface area contributed by atoms with Crippen LogP contribution in [0, 0.1) is 23.3 Å². The van der Waals surface area contributed by atoms with Crippen LogP contribution in [0.25, 0.3) is 22.3 Å². The van der Waals surface area contributed by atoms with Gasteiger partial charge in [0.2, 0.25) is 11.8 Å². The number of fused-ring (bicyclic) bond motifs is 2. The van der Waals surface area contributed by atoms with Gasteiger partial charge in [-0.05, 0) is 87.1 Å². The van der Waals surface area contributed by atoms with Crippen LogP contribution in [0.5, 0.6) is 11.8 Å². The van der Waals surface area contributed by atoms with E-state index >= 15 is 0 Å². The number of benzene rings is 2. The van der Waals surface area contributed by atoms with Crippen molar-refractivity contribution >= 4 is 11.9 Å². The molecule has 4 heterocycles. The standard InChI is InChI=1S/C18H16F3NO3.C18H17F2NO4/c1-2-24-18(23)16-8-14(12-5-3-10(20)7-15(12)21)13-6-4-11(9-19)25-17(13)22-16;1-2-24-18(23)16-8-14(12-5-3-10(19)7-15(12)20)13-6-4-11(9-22)25-17(13)21-16/h3,5,7-8,11H,2,4,6,9H2,1H3;3,5,7-8,11,22H,2,4,6,9H2,1H3. The van der Waals surface area contributed by atoms with Crippen LogP contribution in [0.1, 0.15) is 58.8 Å². The fraction of sp³-hybridized carbons (Fsp3) is 0.333. The van der Waals surface area contributed by atoms with Gasteiger partial charge in [0.25, 0.3) is 0 Å². The number of pyridine rings is 2. The van der Waals surface area contributed by atoms with E-state index in [1.54, 1.807) is 13.8 Å². The zero-order chi connectivity index (χ0) is 35.9. The minimum atomic E-state index is -0.768. The van der Waals surface area contributed by atoms with Gasteiger partial charge in [0.05, 0.1) is 19.8 Å². The Kier molecular flexibility index (Phi) is 11.6. The molecule has 2 unspecified atom stereocenters. The molecule has 0 fully saturated rings. The van der Waals surface area contributed by atoms with Gasteiger partial charge in [0.1, 0.15) is 42.2 Å². The predicted octanol–water partition coefficient (Wildman–Crippen LogP) is 6.76. The first-order chi connectivity index (χ1) is 24.1. The lowest BCUT2D eigenvalue weighted by atomic mass is 9.94. The third-order valence-corrected chi connectivity index (χ3v) is 7.95. The van der Waals surface area contributed by atoms with Crippen molar-refractivity contribution in [2.45, 2.75) is 51.7 Å². The number of aliphatic hydroxyl groups excluding tert-OH is 1. The third-order valence-electron chi connectivity index (χ3n) is 7.95. The van der Waals surface area contributed by atoms with Crippen LogP contribution in [-0.4, -0.2) is 65.7 Å². The van der Waals surface area contributed by atoms with Crippen LogP contribution >= 0.6 is 0 Å². The summed E-state index contributed by atoms with van der Waals surface area (Å²) in [6.07, 6.45) is 0.723. The van der Waals surface area contributed by atoms with Gasteiger partial charge in [-0.3, -0.25) is 0 Å². The van der Waals surface area contributed by atoms with E-state index in [9.17, 15) is 36.6 Å². The molecule has 2 atom stereocenters. The van der Waals surface area contributed by atoms with Gasteiger partial charge < -0.3 is 24.1 Å². The van der Waals surface area contributed by atoms with Crippen molar-refractivity contribution in [1.82, 2.24) is 9.97 Å². The highest BCUT2D eigenvalue weighted by molar-refractivity contribution is 5.91. The van der Waals surface area contributed by atoms with Gasteiger partial charge in [-0.25, -0.2) is 41.5 Å². The molecule has 264 valence electrons. The molecule has 0 bridgehead atoms. The van der Waals surface area contributed by atoms with Crippen LogP contribution in [0.15, 0.2) is 48.5 Å². The number of hydrogen-bond donors (Lipinski definition) is 1. The highest BCUT2D eigenvalue weighted by Gasteiger charge is 2.29. The molecule has 2 aromatic heterocycles. The molecule has 0 saturated carbocycles. The van der Waals surface area contributed by atoms with Crippen LogP contribution in [0.3, 0.4) is 0 Å². The maximum atomic E-state index is 14.3.